The Kier molecular flexibility index (Phi) is 5.07. The molecule has 0 bridgehead atoms. The van der Waals surface area contributed by atoms with Crippen molar-refractivity contribution in [2.24, 2.45) is 0 Å². The van der Waals surface area contributed by atoms with E-state index in [1.165, 1.54) is 11.1 Å². The Labute approximate surface area is 144 Å². The van der Waals surface area contributed by atoms with Gasteiger partial charge in [0.25, 0.3) is 0 Å². The molecule has 1 atom stereocenters. The second-order valence-electron chi connectivity index (χ2n) is 7.01. The number of rotatable bonds is 2. The number of amides is 3. The fraction of sp³-hybridized carbons (Fsp3) is 0.579. The average Bonchev–Trinajstić information content (AvgIpc) is 2.61. The number of urea groups is 1. The molecular weight excluding hydrogens is 302 g/mol. The van der Waals surface area contributed by atoms with Crippen molar-refractivity contribution in [3.05, 3.63) is 35.4 Å². The van der Waals surface area contributed by atoms with Crippen molar-refractivity contribution in [3.63, 3.8) is 0 Å². The molecule has 5 heteroatoms. The Bertz CT molecular complexity index is 608. The highest BCUT2D eigenvalue weighted by Crippen LogP contribution is 2.22. The van der Waals surface area contributed by atoms with Gasteiger partial charge < -0.3 is 15.1 Å². The van der Waals surface area contributed by atoms with Crippen LogP contribution < -0.4 is 5.32 Å². The number of benzene rings is 1. The van der Waals surface area contributed by atoms with Crippen LogP contribution in [0.3, 0.4) is 0 Å². The minimum Gasteiger partial charge on any atom is -0.343 e. The van der Waals surface area contributed by atoms with Gasteiger partial charge in [-0.2, -0.15) is 0 Å². The normalized spacial score (nSPS) is 21.1. The number of hydrogen-bond donors (Lipinski definition) is 1. The first-order valence-corrected chi connectivity index (χ1v) is 8.90. The fourth-order valence-electron chi connectivity index (χ4n) is 3.80. The Hall–Kier alpha value is -2.04. The van der Waals surface area contributed by atoms with Crippen LogP contribution in [0.25, 0.3) is 0 Å². The largest absolute Gasteiger partial charge is 0.343 e. The van der Waals surface area contributed by atoms with Crippen LogP contribution in [-0.4, -0.2) is 54.0 Å². The van der Waals surface area contributed by atoms with Gasteiger partial charge in [0, 0.05) is 39.1 Å². The third kappa shape index (κ3) is 3.71. The first-order valence-electron chi connectivity index (χ1n) is 8.90. The molecule has 1 aromatic carbocycles. The molecule has 1 saturated heterocycles. The lowest BCUT2D eigenvalue weighted by Crippen LogP contribution is -2.52. The summed E-state index contributed by atoms with van der Waals surface area (Å²) < 4.78 is 0. The molecule has 3 amide bonds. The molecule has 0 unspecified atom stereocenters. The number of carbonyl (C=O) groups is 2. The Morgan fingerprint density at radius 1 is 1.12 bits per heavy atom. The van der Waals surface area contributed by atoms with Gasteiger partial charge in [-0.05, 0) is 43.2 Å². The molecule has 130 valence electrons. The summed E-state index contributed by atoms with van der Waals surface area (Å²) in [6, 6.07) is 9.03. The zero-order valence-corrected chi connectivity index (χ0v) is 14.6. The Balaban J connectivity index is 1.49. The monoisotopic (exact) mass is 329 g/mol. The second kappa shape index (κ2) is 7.24. The number of nitrogens with zero attached hydrogens (tertiary/aromatic N) is 2. The molecule has 1 aromatic rings. The molecular formula is C19H27N3O2. The van der Waals surface area contributed by atoms with E-state index in [0.717, 1.165) is 45.2 Å². The molecule has 1 aliphatic carbocycles. The van der Waals surface area contributed by atoms with Gasteiger partial charge in [0.05, 0.1) is 0 Å². The maximum Gasteiger partial charge on any atom is 0.317 e. The minimum absolute atomic E-state index is 0.0447. The highest BCUT2D eigenvalue weighted by molar-refractivity contribution is 5.75. The third-order valence-electron chi connectivity index (χ3n) is 5.47. The van der Waals surface area contributed by atoms with Crippen molar-refractivity contribution in [1.29, 1.82) is 0 Å². The van der Waals surface area contributed by atoms with Crippen LogP contribution in [0.5, 0.6) is 0 Å². The van der Waals surface area contributed by atoms with Gasteiger partial charge in [0.15, 0.2) is 0 Å². The molecule has 0 spiro atoms. The third-order valence-corrected chi connectivity index (χ3v) is 5.47. The molecule has 24 heavy (non-hydrogen) atoms. The van der Waals surface area contributed by atoms with Gasteiger partial charge in [0.1, 0.15) is 0 Å². The van der Waals surface area contributed by atoms with Gasteiger partial charge in [0.2, 0.25) is 5.91 Å². The minimum atomic E-state index is 0.0447. The van der Waals surface area contributed by atoms with Crippen LogP contribution in [0.15, 0.2) is 24.3 Å². The van der Waals surface area contributed by atoms with E-state index in [0.29, 0.717) is 0 Å². The number of carbonyl (C=O) groups excluding carboxylic acids is 2. The first kappa shape index (κ1) is 16.8. The number of nitrogens with one attached hydrogen (secondary N) is 1. The number of piperidine rings is 1. The van der Waals surface area contributed by atoms with E-state index in [-0.39, 0.29) is 24.0 Å². The van der Waals surface area contributed by atoms with E-state index in [9.17, 15) is 9.59 Å². The molecule has 0 aromatic heterocycles. The van der Waals surface area contributed by atoms with Gasteiger partial charge in [-0.15, -0.1) is 0 Å². The molecule has 1 heterocycles. The van der Waals surface area contributed by atoms with Crippen LogP contribution in [0, 0.1) is 0 Å². The summed E-state index contributed by atoms with van der Waals surface area (Å²) in [7, 11) is 1.85. The molecule has 3 rings (SSSR count). The zero-order chi connectivity index (χ0) is 17.1. The quantitative estimate of drug-likeness (QED) is 0.904. The standard InChI is InChI=1S/C19H27N3O2/c1-14(23)21(2)18-9-11-22(12-10-18)19(24)20-17-8-7-15-5-3-4-6-16(15)13-17/h3-6,17-18H,7-13H2,1-2H3,(H,20,24)/t17-/m0/s1. The molecule has 0 radical (unpaired) electrons. The van der Waals surface area contributed by atoms with Gasteiger partial charge in [-0.1, -0.05) is 24.3 Å². The predicted molar refractivity (Wildman–Crippen MR) is 93.8 cm³/mol. The molecule has 1 N–H and O–H groups in total. The summed E-state index contributed by atoms with van der Waals surface area (Å²) in [4.78, 5) is 27.7. The number of aryl methyl sites for hydroxylation is 1. The maximum atomic E-state index is 12.5. The molecule has 0 saturated carbocycles. The van der Waals surface area contributed by atoms with Crippen LogP contribution >= 0.6 is 0 Å². The second-order valence-corrected chi connectivity index (χ2v) is 7.01. The summed E-state index contributed by atoms with van der Waals surface area (Å²) in [5.74, 6) is 0.0961. The molecule has 2 aliphatic rings. The van der Waals surface area contributed by atoms with E-state index >= 15 is 0 Å². The van der Waals surface area contributed by atoms with Crippen LogP contribution in [0.4, 0.5) is 4.79 Å². The van der Waals surface area contributed by atoms with Crippen molar-refractivity contribution in [1.82, 2.24) is 15.1 Å². The number of fused-ring (bicyclic) bond motifs is 1. The van der Waals surface area contributed by atoms with Crippen LogP contribution in [-0.2, 0) is 17.6 Å². The van der Waals surface area contributed by atoms with E-state index in [4.69, 9.17) is 0 Å². The fourth-order valence-corrected chi connectivity index (χ4v) is 3.80. The first-order chi connectivity index (χ1) is 11.5. The Morgan fingerprint density at radius 2 is 1.79 bits per heavy atom. The van der Waals surface area contributed by atoms with Gasteiger partial charge >= 0.3 is 6.03 Å². The molecule has 1 aliphatic heterocycles. The summed E-state index contributed by atoms with van der Waals surface area (Å²) in [5.41, 5.74) is 2.77. The van der Waals surface area contributed by atoms with Crippen molar-refractivity contribution >= 4 is 11.9 Å². The summed E-state index contributed by atoms with van der Waals surface area (Å²) in [6.45, 7) is 3.04. The predicted octanol–water partition coefficient (Wildman–Crippen LogP) is 2.20. The Morgan fingerprint density at radius 3 is 2.46 bits per heavy atom. The molecule has 1 fully saturated rings. The van der Waals surface area contributed by atoms with Crippen molar-refractivity contribution in [3.8, 4) is 0 Å². The topological polar surface area (TPSA) is 52.7 Å². The highest BCUT2D eigenvalue weighted by atomic mass is 16.2. The highest BCUT2D eigenvalue weighted by Gasteiger charge is 2.28. The maximum absolute atomic E-state index is 12.5. The van der Waals surface area contributed by atoms with E-state index in [2.05, 4.69) is 29.6 Å². The van der Waals surface area contributed by atoms with Crippen molar-refractivity contribution < 1.29 is 9.59 Å². The SMILES string of the molecule is CC(=O)N(C)C1CCN(C(=O)N[C@H]2CCc3ccccc3C2)CC1. The summed E-state index contributed by atoms with van der Waals surface area (Å²) in [6.07, 6.45) is 4.68. The molecule has 5 nitrogen and oxygen atoms in total. The lowest BCUT2D eigenvalue weighted by atomic mass is 9.88. The smallest absolute Gasteiger partial charge is 0.317 e. The number of hydrogen-bond acceptors (Lipinski definition) is 2. The van der Waals surface area contributed by atoms with Crippen LogP contribution in [0.1, 0.15) is 37.3 Å². The van der Waals surface area contributed by atoms with Gasteiger partial charge in [-0.3, -0.25) is 4.79 Å². The van der Waals surface area contributed by atoms with Crippen molar-refractivity contribution in [2.75, 3.05) is 20.1 Å². The van der Waals surface area contributed by atoms with E-state index in [1.54, 1.807) is 11.8 Å². The van der Waals surface area contributed by atoms with Crippen molar-refractivity contribution in [2.45, 2.75) is 51.1 Å². The van der Waals surface area contributed by atoms with Gasteiger partial charge in [-0.25, -0.2) is 4.79 Å². The number of likely N-dealkylation sites (tertiary alicyclic amines) is 1. The van der Waals surface area contributed by atoms with Crippen LogP contribution in [0.2, 0.25) is 0 Å². The average molecular weight is 329 g/mol. The summed E-state index contributed by atoms with van der Waals surface area (Å²) in [5, 5.41) is 3.20. The lowest BCUT2D eigenvalue weighted by Gasteiger charge is -2.37. The van der Waals surface area contributed by atoms with E-state index < -0.39 is 0 Å². The zero-order valence-electron chi connectivity index (χ0n) is 14.6. The lowest BCUT2D eigenvalue weighted by molar-refractivity contribution is -0.130. The van der Waals surface area contributed by atoms with E-state index in [1.807, 2.05) is 11.9 Å². The summed E-state index contributed by atoms with van der Waals surface area (Å²) >= 11 is 0.